The molecule has 6 heteroatoms. The van der Waals surface area contributed by atoms with Crippen LogP contribution in [-0.2, 0) is 17.6 Å². The Bertz CT molecular complexity index is 1000. The van der Waals surface area contributed by atoms with Crippen molar-refractivity contribution in [1.29, 1.82) is 5.26 Å². The van der Waals surface area contributed by atoms with Crippen molar-refractivity contribution in [2.75, 3.05) is 13.7 Å². The Balaban J connectivity index is 1.69. The van der Waals surface area contributed by atoms with Gasteiger partial charge in [0.2, 0.25) is 5.91 Å². The Labute approximate surface area is 171 Å². The van der Waals surface area contributed by atoms with Crippen LogP contribution in [-0.4, -0.2) is 35.5 Å². The lowest BCUT2D eigenvalue weighted by atomic mass is 9.98. The highest BCUT2D eigenvalue weighted by Gasteiger charge is 2.28. The van der Waals surface area contributed by atoms with Crippen LogP contribution in [0.25, 0.3) is 0 Å². The van der Waals surface area contributed by atoms with Gasteiger partial charge < -0.3 is 14.6 Å². The van der Waals surface area contributed by atoms with Crippen LogP contribution in [0.15, 0.2) is 29.1 Å². The fourth-order valence-electron chi connectivity index (χ4n) is 4.24. The predicted octanol–water partition coefficient (Wildman–Crippen LogP) is 3.04. The molecule has 6 nitrogen and oxygen atoms in total. The highest BCUT2D eigenvalue weighted by molar-refractivity contribution is 5.77. The van der Waals surface area contributed by atoms with Gasteiger partial charge in [0.05, 0.1) is 7.11 Å². The number of likely N-dealkylation sites (tertiary alicyclic amines) is 1. The molecule has 1 aromatic carbocycles. The van der Waals surface area contributed by atoms with Crippen molar-refractivity contribution in [3.63, 3.8) is 0 Å². The highest BCUT2D eigenvalue weighted by Crippen LogP contribution is 2.24. The average Bonchev–Trinajstić information content (AvgIpc) is 3.16. The molecule has 1 unspecified atom stereocenters. The van der Waals surface area contributed by atoms with Gasteiger partial charge in [-0.25, -0.2) is 0 Å². The van der Waals surface area contributed by atoms with Crippen LogP contribution >= 0.6 is 0 Å². The zero-order valence-corrected chi connectivity index (χ0v) is 17.2. The molecule has 0 saturated carbocycles. The quantitative estimate of drug-likeness (QED) is 0.817. The number of hydrogen-bond donors (Lipinski definition) is 1. The lowest BCUT2D eigenvalue weighted by Crippen LogP contribution is -2.37. The molecule has 0 bridgehead atoms. The summed E-state index contributed by atoms with van der Waals surface area (Å²) in [5.41, 5.74) is 3.23. The maximum atomic E-state index is 13.0. The number of aromatic nitrogens is 1. The predicted molar refractivity (Wildman–Crippen MR) is 111 cm³/mol. The first-order chi connectivity index (χ1) is 13.9. The number of aryl methyl sites for hydroxylation is 1. The van der Waals surface area contributed by atoms with E-state index in [1.165, 1.54) is 5.56 Å². The van der Waals surface area contributed by atoms with E-state index < -0.39 is 0 Å². The van der Waals surface area contributed by atoms with Gasteiger partial charge in [-0.1, -0.05) is 12.1 Å². The minimum atomic E-state index is -0.365. The van der Waals surface area contributed by atoms with E-state index in [-0.39, 0.29) is 23.1 Å². The number of benzene rings is 1. The second-order valence-electron chi connectivity index (χ2n) is 7.61. The van der Waals surface area contributed by atoms with E-state index in [4.69, 9.17) is 4.74 Å². The average molecular weight is 393 g/mol. The number of H-pyrrole nitrogens is 1. The first kappa shape index (κ1) is 20.7. The van der Waals surface area contributed by atoms with Gasteiger partial charge in [0, 0.05) is 24.7 Å². The fourth-order valence-corrected chi connectivity index (χ4v) is 4.24. The third-order valence-corrected chi connectivity index (χ3v) is 5.81. The zero-order valence-electron chi connectivity index (χ0n) is 17.2. The minimum absolute atomic E-state index is 0.124. The number of nitrogens with one attached hydrogen (secondary N) is 1. The number of rotatable bonds is 6. The topological polar surface area (TPSA) is 86.2 Å². The van der Waals surface area contributed by atoms with Gasteiger partial charge in [-0.2, -0.15) is 5.26 Å². The van der Waals surface area contributed by atoms with Gasteiger partial charge in [-0.3, -0.25) is 9.59 Å². The first-order valence-electron chi connectivity index (χ1n) is 9.99. The van der Waals surface area contributed by atoms with Crippen molar-refractivity contribution < 1.29 is 9.53 Å². The molecule has 152 valence electrons. The van der Waals surface area contributed by atoms with Crippen LogP contribution < -0.4 is 10.3 Å². The monoisotopic (exact) mass is 393 g/mol. The zero-order chi connectivity index (χ0) is 21.0. The van der Waals surface area contributed by atoms with E-state index in [2.05, 4.69) is 11.1 Å². The summed E-state index contributed by atoms with van der Waals surface area (Å²) in [6, 6.07) is 10.2. The van der Waals surface area contributed by atoms with Crippen LogP contribution in [0.5, 0.6) is 5.75 Å². The molecule has 1 saturated heterocycles. The molecule has 2 heterocycles. The van der Waals surface area contributed by atoms with E-state index >= 15 is 0 Å². The Morgan fingerprint density at radius 2 is 2.17 bits per heavy atom. The van der Waals surface area contributed by atoms with Crippen LogP contribution in [0.2, 0.25) is 0 Å². The number of aromatic amines is 1. The lowest BCUT2D eigenvalue weighted by molar-refractivity contribution is -0.131. The first-order valence-corrected chi connectivity index (χ1v) is 9.99. The maximum Gasteiger partial charge on any atom is 0.266 e. The number of hydrogen-bond acceptors (Lipinski definition) is 4. The molecule has 29 heavy (non-hydrogen) atoms. The van der Waals surface area contributed by atoms with Crippen molar-refractivity contribution in [1.82, 2.24) is 9.88 Å². The summed E-state index contributed by atoms with van der Waals surface area (Å²) in [5, 5.41) is 9.22. The molecule has 2 aromatic rings. The molecule has 0 aliphatic carbocycles. The van der Waals surface area contributed by atoms with Gasteiger partial charge in [-0.05, 0) is 68.4 Å². The molecule has 1 amide bonds. The third-order valence-electron chi connectivity index (χ3n) is 5.81. The van der Waals surface area contributed by atoms with Crippen LogP contribution in [0.3, 0.4) is 0 Å². The summed E-state index contributed by atoms with van der Waals surface area (Å²) >= 11 is 0. The van der Waals surface area contributed by atoms with E-state index in [0.717, 1.165) is 42.8 Å². The Hall–Kier alpha value is -3.07. The van der Waals surface area contributed by atoms with Crippen molar-refractivity contribution in [2.45, 2.75) is 52.0 Å². The molecular weight excluding hydrogens is 366 g/mol. The van der Waals surface area contributed by atoms with Crippen LogP contribution in [0, 0.1) is 25.2 Å². The molecule has 1 fully saturated rings. The van der Waals surface area contributed by atoms with Gasteiger partial charge in [-0.15, -0.1) is 0 Å². The second-order valence-corrected chi connectivity index (χ2v) is 7.61. The summed E-state index contributed by atoms with van der Waals surface area (Å²) in [4.78, 5) is 29.6. The third kappa shape index (κ3) is 4.51. The summed E-state index contributed by atoms with van der Waals surface area (Å²) in [7, 11) is 1.66. The van der Waals surface area contributed by atoms with Crippen LogP contribution in [0.1, 0.15) is 47.2 Å². The number of amides is 1. The Morgan fingerprint density at radius 3 is 2.90 bits per heavy atom. The molecule has 1 N–H and O–H groups in total. The van der Waals surface area contributed by atoms with Crippen molar-refractivity contribution in [3.8, 4) is 11.8 Å². The summed E-state index contributed by atoms with van der Waals surface area (Å²) in [5.74, 6) is 0.953. The number of carbonyl (C=O) groups is 1. The van der Waals surface area contributed by atoms with Gasteiger partial charge in [0.25, 0.3) is 5.56 Å². The smallest absolute Gasteiger partial charge is 0.266 e. The molecule has 1 aliphatic heterocycles. The van der Waals surface area contributed by atoms with E-state index in [9.17, 15) is 14.9 Å². The summed E-state index contributed by atoms with van der Waals surface area (Å²) < 4.78 is 5.30. The molecule has 1 aliphatic rings. The Kier molecular flexibility index (Phi) is 6.38. The fraction of sp³-hybridized carbons (Fsp3) is 0.435. The number of ether oxygens (including phenoxy) is 1. The maximum absolute atomic E-state index is 13.0. The number of carbonyl (C=O) groups excluding carboxylic acids is 1. The van der Waals surface area contributed by atoms with E-state index in [1.807, 2.05) is 36.1 Å². The SMILES string of the molecule is COc1cccc(CC2CCCN2C(=O)CCc2c(C)[nH]c(=O)c(C#N)c2C)c1. The molecule has 0 radical (unpaired) electrons. The number of pyridine rings is 1. The molecule has 0 spiro atoms. The number of methoxy groups -OCH3 is 1. The van der Waals surface area contributed by atoms with Crippen molar-refractivity contribution in [2.24, 2.45) is 0 Å². The molecule has 1 aromatic heterocycles. The van der Waals surface area contributed by atoms with Crippen LogP contribution in [0.4, 0.5) is 0 Å². The van der Waals surface area contributed by atoms with E-state index in [1.54, 1.807) is 14.0 Å². The normalized spacial score (nSPS) is 15.9. The second kappa shape index (κ2) is 8.95. The number of nitrogens with zero attached hydrogens (tertiary/aromatic N) is 2. The molecular formula is C23H27N3O3. The Morgan fingerprint density at radius 1 is 1.38 bits per heavy atom. The summed E-state index contributed by atoms with van der Waals surface area (Å²) in [6.45, 7) is 4.37. The summed E-state index contributed by atoms with van der Waals surface area (Å²) in [6.07, 6.45) is 3.71. The highest BCUT2D eigenvalue weighted by atomic mass is 16.5. The van der Waals surface area contributed by atoms with Gasteiger partial charge >= 0.3 is 0 Å². The largest absolute Gasteiger partial charge is 0.497 e. The molecule has 1 atom stereocenters. The standard InChI is InChI=1S/C23H27N3O3/c1-15-20(16(2)25-23(28)21(15)14-24)9-10-22(27)26-11-5-7-18(26)12-17-6-4-8-19(13-17)29-3/h4,6,8,13,18H,5,7,9-12H2,1-3H3,(H,25,28). The number of nitriles is 1. The van der Waals surface area contributed by atoms with Crippen molar-refractivity contribution >= 4 is 5.91 Å². The molecule has 3 rings (SSSR count). The van der Waals surface area contributed by atoms with Gasteiger partial charge in [0.15, 0.2) is 0 Å². The minimum Gasteiger partial charge on any atom is -0.497 e. The van der Waals surface area contributed by atoms with Crippen molar-refractivity contribution in [3.05, 3.63) is 62.6 Å². The van der Waals surface area contributed by atoms with E-state index in [0.29, 0.717) is 18.4 Å². The lowest BCUT2D eigenvalue weighted by Gasteiger charge is -2.25. The van der Waals surface area contributed by atoms with Gasteiger partial charge in [0.1, 0.15) is 17.4 Å².